The summed E-state index contributed by atoms with van der Waals surface area (Å²) in [5, 5.41) is 11.6. The topological polar surface area (TPSA) is 46.5 Å². The number of hydrogen-bond donors (Lipinski definition) is 1. The number of fused-ring (bicyclic) bond motifs is 1. The van der Waals surface area contributed by atoms with Crippen molar-refractivity contribution in [3.8, 4) is 16.9 Å². The fourth-order valence-electron chi connectivity index (χ4n) is 3.78. The predicted octanol–water partition coefficient (Wildman–Crippen LogP) is 6.53. The van der Waals surface area contributed by atoms with Crippen molar-refractivity contribution in [3.05, 3.63) is 102 Å². The fourth-order valence-corrected chi connectivity index (χ4v) is 3.78. The Bertz CT molecular complexity index is 1230. The normalized spacial score (nSPS) is 11.9. The maximum atomic E-state index is 13.1. The number of ether oxygens (including phenoxy) is 1. The molecule has 4 rings (SSSR count). The van der Waals surface area contributed by atoms with Gasteiger partial charge in [0.05, 0.1) is 12.5 Å². The third-order valence-electron chi connectivity index (χ3n) is 5.63. The number of hydrogen-bond acceptors (Lipinski definition) is 2. The molecule has 3 nitrogen and oxygen atoms in total. The summed E-state index contributed by atoms with van der Waals surface area (Å²) in [4.78, 5) is 11.3. The van der Waals surface area contributed by atoms with E-state index in [1.54, 1.807) is 19.1 Å². The summed E-state index contributed by atoms with van der Waals surface area (Å²) in [5.41, 5.74) is 3.91. The van der Waals surface area contributed by atoms with Crippen molar-refractivity contribution in [1.82, 2.24) is 0 Å². The average Bonchev–Trinajstić information content (AvgIpc) is 2.80. The van der Waals surface area contributed by atoms with Gasteiger partial charge in [0.1, 0.15) is 11.6 Å². The first-order valence-electron chi connectivity index (χ1n) is 10.7. The molecule has 0 saturated carbocycles. The minimum Gasteiger partial charge on any atom is -0.493 e. The number of rotatable bonds is 8. The lowest BCUT2D eigenvalue weighted by molar-refractivity contribution is -0.141. The van der Waals surface area contributed by atoms with Gasteiger partial charge >= 0.3 is 5.97 Å². The minimum absolute atomic E-state index is 0.251. The van der Waals surface area contributed by atoms with E-state index >= 15 is 0 Å². The van der Waals surface area contributed by atoms with Crippen LogP contribution in [0.15, 0.2) is 84.9 Å². The number of carboxylic acid groups (broad SMARTS) is 1. The molecule has 1 unspecified atom stereocenters. The molecule has 4 aromatic carbocycles. The molecule has 0 aliphatic heterocycles. The number of halogens is 1. The molecule has 0 fully saturated rings. The first-order valence-corrected chi connectivity index (χ1v) is 10.7. The Morgan fingerprint density at radius 1 is 0.906 bits per heavy atom. The van der Waals surface area contributed by atoms with Gasteiger partial charge in [-0.1, -0.05) is 61.5 Å². The Balaban J connectivity index is 1.63. The predicted molar refractivity (Wildman–Crippen MR) is 125 cm³/mol. The minimum atomic E-state index is -0.808. The third kappa shape index (κ3) is 5.14. The second-order valence-corrected chi connectivity index (χ2v) is 8.06. The highest BCUT2D eigenvalue weighted by molar-refractivity contribution is 5.88. The molecule has 0 bridgehead atoms. The van der Waals surface area contributed by atoms with E-state index in [-0.39, 0.29) is 5.82 Å². The van der Waals surface area contributed by atoms with Gasteiger partial charge in [0.25, 0.3) is 0 Å². The molecule has 0 radical (unpaired) electrons. The van der Waals surface area contributed by atoms with Crippen LogP contribution in [-0.4, -0.2) is 17.7 Å². The van der Waals surface area contributed by atoms with Crippen LogP contribution in [0.25, 0.3) is 21.9 Å². The number of aliphatic carboxylic acids is 1. The molecule has 0 aromatic heterocycles. The third-order valence-corrected chi connectivity index (χ3v) is 5.63. The van der Waals surface area contributed by atoms with Crippen LogP contribution in [0, 0.1) is 11.7 Å². The highest BCUT2D eigenvalue weighted by Gasteiger charge is 2.15. The van der Waals surface area contributed by atoms with E-state index < -0.39 is 11.9 Å². The van der Waals surface area contributed by atoms with Crippen LogP contribution >= 0.6 is 0 Å². The van der Waals surface area contributed by atoms with Gasteiger partial charge in [0.15, 0.2) is 0 Å². The molecular formula is C28H25FO3. The largest absolute Gasteiger partial charge is 0.493 e. The number of benzene rings is 4. The van der Waals surface area contributed by atoms with Crippen LogP contribution < -0.4 is 4.74 Å². The van der Waals surface area contributed by atoms with Crippen molar-refractivity contribution < 1.29 is 19.0 Å². The summed E-state index contributed by atoms with van der Waals surface area (Å²) in [6.07, 6.45) is 1.11. The van der Waals surface area contributed by atoms with Crippen molar-refractivity contribution in [2.45, 2.75) is 19.8 Å². The molecular weight excluding hydrogens is 403 g/mol. The second-order valence-electron chi connectivity index (χ2n) is 8.06. The number of carboxylic acids is 1. The summed E-state index contributed by atoms with van der Waals surface area (Å²) < 4.78 is 19.3. The van der Waals surface area contributed by atoms with Gasteiger partial charge in [-0.05, 0) is 64.2 Å². The summed E-state index contributed by atoms with van der Waals surface area (Å²) in [6, 6.07) is 26.7. The van der Waals surface area contributed by atoms with Crippen LogP contribution in [0.1, 0.15) is 18.1 Å². The van der Waals surface area contributed by atoms with Gasteiger partial charge in [0.2, 0.25) is 0 Å². The molecule has 0 amide bonds. The molecule has 0 saturated heterocycles. The van der Waals surface area contributed by atoms with Crippen LogP contribution in [0.4, 0.5) is 4.39 Å². The number of carbonyl (C=O) groups is 1. The SMILES string of the molecule is CC(Cc1ccc(OCCc2ccc(F)cc2)c(-c2ccc3ccccc3c2)c1)C(=O)O. The zero-order valence-electron chi connectivity index (χ0n) is 17.9. The van der Waals surface area contributed by atoms with Crippen LogP contribution in [0.2, 0.25) is 0 Å². The van der Waals surface area contributed by atoms with E-state index in [0.29, 0.717) is 19.4 Å². The lowest BCUT2D eigenvalue weighted by Gasteiger charge is -2.15. The van der Waals surface area contributed by atoms with E-state index in [1.165, 1.54) is 12.1 Å². The van der Waals surface area contributed by atoms with E-state index in [4.69, 9.17) is 4.74 Å². The molecule has 0 spiro atoms. The van der Waals surface area contributed by atoms with Crippen molar-refractivity contribution in [3.63, 3.8) is 0 Å². The van der Waals surface area contributed by atoms with Gasteiger partial charge in [-0.2, -0.15) is 0 Å². The first kappa shape index (κ1) is 21.6. The second kappa shape index (κ2) is 9.65. The Hall–Kier alpha value is -3.66. The molecule has 0 aliphatic carbocycles. The van der Waals surface area contributed by atoms with Crippen molar-refractivity contribution in [1.29, 1.82) is 0 Å². The van der Waals surface area contributed by atoms with Gasteiger partial charge < -0.3 is 9.84 Å². The molecule has 4 heteroatoms. The summed E-state index contributed by atoms with van der Waals surface area (Å²) in [6.45, 7) is 2.17. The van der Waals surface area contributed by atoms with Crippen molar-refractivity contribution in [2.24, 2.45) is 5.92 Å². The van der Waals surface area contributed by atoms with Crippen molar-refractivity contribution >= 4 is 16.7 Å². The highest BCUT2D eigenvalue weighted by Crippen LogP contribution is 2.34. The molecule has 1 N–H and O–H groups in total. The van der Waals surface area contributed by atoms with Crippen molar-refractivity contribution in [2.75, 3.05) is 6.61 Å². The smallest absolute Gasteiger partial charge is 0.306 e. The quantitative estimate of drug-likeness (QED) is 0.347. The van der Waals surface area contributed by atoms with Gasteiger partial charge in [0, 0.05) is 12.0 Å². The summed E-state index contributed by atoms with van der Waals surface area (Å²) >= 11 is 0. The summed E-state index contributed by atoms with van der Waals surface area (Å²) in [5.74, 6) is -0.782. The fraction of sp³-hybridized carbons (Fsp3) is 0.179. The standard InChI is InChI=1S/C28H25FO3/c1-19(28(30)31)16-21-8-13-27(32-15-14-20-6-11-25(29)12-7-20)26(17-21)24-10-9-22-4-2-3-5-23(22)18-24/h2-13,17-19H,14-16H2,1H3,(H,30,31). The van der Waals surface area contributed by atoms with E-state index in [9.17, 15) is 14.3 Å². The zero-order chi connectivity index (χ0) is 22.5. The molecule has 0 heterocycles. The van der Waals surface area contributed by atoms with Gasteiger partial charge in [-0.25, -0.2) is 4.39 Å². The Labute approximate surface area is 187 Å². The van der Waals surface area contributed by atoms with E-state index in [1.807, 2.05) is 30.3 Å². The highest BCUT2D eigenvalue weighted by atomic mass is 19.1. The monoisotopic (exact) mass is 428 g/mol. The molecule has 162 valence electrons. The zero-order valence-corrected chi connectivity index (χ0v) is 17.9. The average molecular weight is 429 g/mol. The van der Waals surface area contributed by atoms with Gasteiger partial charge in [-0.3, -0.25) is 4.79 Å². The van der Waals surface area contributed by atoms with Crippen LogP contribution in [0.5, 0.6) is 5.75 Å². The molecule has 1 atom stereocenters. The molecule has 0 aliphatic rings. The first-order chi connectivity index (χ1) is 15.5. The lowest BCUT2D eigenvalue weighted by Crippen LogP contribution is -2.12. The van der Waals surface area contributed by atoms with Crippen LogP contribution in [0.3, 0.4) is 0 Å². The maximum absolute atomic E-state index is 13.1. The molecule has 4 aromatic rings. The summed E-state index contributed by atoms with van der Waals surface area (Å²) in [7, 11) is 0. The Morgan fingerprint density at radius 3 is 2.38 bits per heavy atom. The lowest BCUT2D eigenvalue weighted by atomic mass is 9.95. The van der Waals surface area contributed by atoms with E-state index in [0.717, 1.165) is 38.8 Å². The molecule has 32 heavy (non-hydrogen) atoms. The maximum Gasteiger partial charge on any atom is 0.306 e. The Kier molecular flexibility index (Phi) is 6.50. The Morgan fingerprint density at radius 2 is 1.62 bits per heavy atom. The van der Waals surface area contributed by atoms with Gasteiger partial charge in [-0.15, -0.1) is 0 Å². The van der Waals surface area contributed by atoms with E-state index in [2.05, 4.69) is 30.3 Å². The van der Waals surface area contributed by atoms with Crippen LogP contribution in [-0.2, 0) is 17.6 Å².